The summed E-state index contributed by atoms with van der Waals surface area (Å²) in [6, 6.07) is 11.9. The van der Waals surface area contributed by atoms with Crippen LogP contribution in [-0.2, 0) is 23.5 Å². The van der Waals surface area contributed by atoms with Crippen LogP contribution in [0.25, 0.3) is 0 Å². The highest BCUT2D eigenvalue weighted by Crippen LogP contribution is 2.54. The Bertz CT molecular complexity index is 1460. The van der Waals surface area contributed by atoms with Gasteiger partial charge in [-0.1, -0.05) is 42.5 Å². The molecule has 0 fully saturated rings. The van der Waals surface area contributed by atoms with Gasteiger partial charge in [0.05, 0.1) is 39.6 Å². The fourth-order valence-electron chi connectivity index (χ4n) is 5.61. The fourth-order valence-corrected chi connectivity index (χ4v) is 8.17. The highest BCUT2D eigenvalue weighted by atomic mass is 31.2. The lowest BCUT2D eigenvalue weighted by molar-refractivity contribution is 0.0542. The maximum Gasteiger partial charge on any atom is 0.248 e. The standard InChI is InChI=1S/C36H47O9P/c1-24-22-26(3)33(44-20-18-42-16-14-40-7)28(5)31(24)35(37)46(39,30-12-10-9-11-13-30)36(38)32-25(2)23-27(4)34(29(32)6)45-21-19-43-17-15-41-8/h9-13,22-23H,14-21H2,1-8H3. The molecule has 0 aromatic heterocycles. The van der Waals surface area contributed by atoms with Crippen LogP contribution >= 0.6 is 7.14 Å². The summed E-state index contributed by atoms with van der Waals surface area (Å²) >= 11 is 0. The molecule has 0 radical (unpaired) electrons. The second-order valence-electron chi connectivity index (χ2n) is 11.1. The normalized spacial score (nSPS) is 11.5. The molecule has 0 amide bonds. The summed E-state index contributed by atoms with van der Waals surface area (Å²) in [6.45, 7) is 13.8. The topological polar surface area (TPSA) is 107 Å². The minimum absolute atomic E-state index is 0.173. The van der Waals surface area contributed by atoms with Crippen molar-refractivity contribution in [2.24, 2.45) is 0 Å². The van der Waals surface area contributed by atoms with E-state index in [9.17, 15) is 9.59 Å². The highest BCUT2D eigenvalue weighted by molar-refractivity contribution is 8.01. The van der Waals surface area contributed by atoms with E-state index in [4.69, 9.17) is 28.4 Å². The lowest BCUT2D eigenvalue weighted by Gasteiger charge is -2.24. The number of benzene rings is 3. The van der Waals surface area contributed by atoms with Crippen LogP contribution < -0.4 is 14.8 Å². The molecular weight excluding hydrogens is 607 g/mol. The van der Waals surface area contributed by atoms with Crippen molar-refractivity contribution in [3.05, 3.63) is 87.0 Å². The molecule has 0 heterocycles. The number of ether oxygens (including phenoxy) is 6. The summed E-state index contributed by atoms with van der Waals surface area (Å²) in [7, 11) is -1.22. The van der Waals surface area contributed by atoms with E-state index in [0.29, 0.717) is 73.4 Å². The minimum Gasteiger partial charge on any atom is -0.491 e. The van der Waals surface area contributed by atoms with E-state index in [2.05, 4.69) is 0 Å². The van der Waals surface area contributed by atoms with Crippen LogP contribution in [0.2, 0.25) is 0 Å². The zero-order valence-electron chi connectivity index (χ0n) is 28.3. The lowest BCUT2D eigenvalue weighted by Crippen LogP contribution is -2.23. The van der Waals surface area contributed by atoms with Crippen LogP contribution in [0.3, 0.4) is 0 Å². The molecule has 0 saturated heterocycles. The molecule has 0 spiro atoms. The van der Waals surface area contributed by atoms with Crippen LogP contribution in [0.4, 0.5) is 0 Å². The van der Waals surface area contributed by atoms with E-state index in [1.54, 1.807) is 72.2 Å². The molecule has 3 aromatic rings. The number of hydrogen-bond acceptors (Lipinski definition) is 9. The van der Waals surface area contributed by atoms with Gasteiger partial charge in [-0.15, -0.1) is 0 Å². The number of hydrogen-bond donors (Lipinski definition) is 0. The summed E-state index contributed by atoms with van der Waals surface area (Å²) in [5.74, 6) is 1.00. The number of rotatable bonds is 19. The Morgan fingerprint density at radius 1 is 0.565 bits per heavy atom. The third kappa shape index (κ3) is 8.52. The molecule has 0 aliphatic carbocycles. The molecule has 0 atom stereocenters. The molecule has 0 saturated carbocycles. The average Bonchev–Trinajstić information content (AvgIpc) is 3.02. The first-order valence-corrected chi connectivity index (χ1v) is 17.1. The van der Waals surface area contributed by atoms with Crippen molar-refractivity contribution in [2.75, 3.05) is 67.1 Å². The molecule has 0 aliphatic rings. The molecule has 250 valence electrons. The van der Waals surface area contributed by atoms with E-state index in [1.807, 2.05) is 26.0 Å². The first-order chi connectivity index (χ1) is 22.0. The third-order valence-electron chi connectivity index (χ3n) is 7.73. The molecule has 0 aliphatic heterocycles. The van der Waals surface area contributed by atoms with Gasteiger partial charge in [-0.05, 0) is 63.8 Å². The Kier molecular flexibility index (Phi) is 14.2. The second-order valence-corrected chi connectivity index (χ2v) is 13.7. The van der Waals surface area contributed by atoms with Crippen molar-refractivity contribution in [3.8, 4) is 11.5 Å². The molecule has 3 rings (SSSR count). The maximum atomic E-state index is 15.3. The number of methoxy groups -OCH3 is 2. The Morgan fingerprint density at radius 2 is 0.957 bits per heavy atom. The highest BCUT2D eigenvalue weighted by Gasteiger charge is 2.45. The van der Waals surface area contributed by atoms with Gasteiger partial charge in [-0.25, -0.2) is 0 Å². The Balaban J connectivity index is 2.07. The molecular formula is C36H47O9P. The molecule has 9 nitrogen and oxygen atoms in total. The predicted molar refractivity (Wildman–Crippen MR) is 180 cm³/mol. The first-order valence-electron chi connectivity index (χ1n) is 15.4. The molecule has 46 heavy (non-hydrogen) atoms. The van der Waals surface area contributed by atoms with Crippen LogP contribution in [0.1, 0.15) is 54.1 Å². The van der Waals surface area contributed by atoms with E-state index >= 15 is 4.57 Å². The van der Waals surface area contributed by atoms with Crippen LogP contribution in [0.5, 0.6) is 11.5 Å². The number of aryl methyl sites for hydroxylation is 4. The summed E-state index contributed by atoms with van der Waals surface area (Å²) < 4.78 is 48.5. The minimum atomic E-state index is -4.43. The number of carbonyl (C=O) groups is 2. The van der Waals surface area contributed by atoms with Crippen LogP contribution in [0.15, 0.2) is 42.5 Å². The van der Waals surface area contributed by atoms with Gasteiger partial charge in [0.15, 0.2) is 0 Å². The molecule has 3 aromatic carbocycles. The first kappa shape index (κ1) is 37.1. The summed E-state index contributed by atoms with van der Waals surface area (Å²) in [5, 5.41) is 0.173. The fraction of sp³-hybridized carbons (Fsp3) is 0.444. The quantitative estimate of drug-likeness (QED) is 0.109. The van der Waals surface area contributed by atoms with Gasteiger partial charge in [0.25, 0.3) is 0 Å². The zero-order chi connectivity index (χ0) is 33.9. The van der Waals surface area contributed by atoms with Crippen molar-refractivity contribution in [2.45, 2.75) is 41.5 Å². The van der Waals surface area contributed by atoms with Gasteiger partial charge in [-0.2, -0.15) is 0 Å². The van der Waals surface area contributed by atoms with Crippen molar-refractivity contribution < 1.29 is 42.6 Å². The third-order valence-corrected chi connectivity index (χ3v) is 10.4. The van der Waals surface area contributed by atoms with E-state index in [-0.39, 0.29) is 29.6 Å². The van der Waals surface area contributed by atoms with Gasteiger partial charge in [0.1, 0.15) is 24.7 Å². The van der Waals surface area contributed by atoms with E-state index in [1.165, 1.54) is 0 Å². The van der Waals surface area contributed by atoms with Crippen LogP contribution in [0, 0.1) is 41.5 Å². The van der Waals surface area contributed by atoms with Gasteiger partial charge in [0.2, 0.25) is 18.2 Å². The van der Waals surface area contributed by atoms with Crippen molar-refractivity contribution in [1.29, 1.82) is 0 Å². The van der Waals surface area contributed by atoms with Crippen molar-refractivity contribution in [1.82, 2.24) is 0 Å². The van der Waals surface area contributed by atoms with Crippen LogP contribution in [-0.4, -0.2) is 78.1 Å². The predicted octanol–water partition coefficient (Wildman–Crippen LogP) is 6.29. The average molecular weight is 655 g/mol. The van der Waals surface area contributed by atoms with Gasteiger partial charge >= 0.3 is 0 Å². The molecule has 0 N–H and O–H groups in total. The summed E-state index contributed by atoms with van der Waals surface area (Å²) in [5.41, 5.74) is 2.90. The Hall–Kier alpha value is -3.33. The van der Waals surface area contributed by atoms with Crippen molar-refractivity contribution >= 4 is 23.5 Å². The Labute approximate surface area is 272 Å². The van der Waals surface area contributed by atoms with E-state index in [0.717, 1.165) is 11.1 Å². The van der Waals surface area contributed by atoms with Gasteiger partial charge in [-0.3, -0.25) is 9.59 Å². The van der Waals surface area contributed by atoms with E-state index < -0.39 is 18.2 Å². The summed E-state index contributed by atoms with van der Waals surface area (Å²) in [4.78, 5) is 29.3. The summed E-state index contributed by atoms with van der Waals surface area (Å²) in [6.07, 6.45) is 0. The second kappa shape index (κ2) is 17.5. The smallest absolute Gasteiger partial charge is 0.248 e. The SMILES string of the molecule is COCCOCCOc1c(C)cc(C)c(C(=O)P(=O)(C(=O)c2c(C)cc(C)c(OCCOCCOC)c2C)c2ccccc2)c1C. The maximum absolute atomic E-state index is 15.3. The molecule has 0 unspecified atom stereocenters. The largest absolute Gasteiger partial charge is 0.491 e. The monoisotopic (exact) mass is 654 g/mol. The van der Waals surface area contributed by atoms with Gasteiger partial charge < -0.3 is 33.0 Å². The molecule has 10 heteroatoms. The lowest BCUT2D eigenvalue weighted by atomic mass is 9.99. The van der Waals surface area contributed by atoms with Gasteiger partial charge in [0, 0.05) is 41.8 Å². The van der Waals surface area contributed by atoms with Crippen molar-refractivity contribution in [3.63, 3.8) is 0 Å². The Morgan fingerprint density at radius 3 is 1.35 bits per heavy atom. The number of carbonyl (C=O) groups excluding carboxylic acids is 2. The zero-order valence-corrected chi connectivity index (χ0v) is 29.2. The molecule has 0 bridgehead atoms.